The van der Waals surface area contributed by atoms with Gasteiger partial charge in [-0.25, -0.2) is 0 Å². The minimum absolute atomic E-state index is 0.0968. The zero-order valence-corrected chi connectivity index (χ0v) is 10.4. The molecule has 0 saturated heterocycles. The van der Waals surface area contributed by atoms with Crippen molar-refractivity contribution in [3.05, 3.63) is 27.0 Å². The Morgan fingerprint density at radius 1 is 1.69 bits per heavy atom. The van der Waals surface area contributed by atoms with E-state index in [9.17, 15) is 10.1 Å². The summed E-state index contributed by atoms with van der Waals surface area (Å²) >= 11 is 6.07. The summed E-state index contributed by atoms with van der Waals surface area (Å²) in [5.41, 5.74) is 0.773. The summed E-state index contributed by atoms with van der Waals surface area (Å²) in [6.45, 7) is 3.92. The van der Waals surface area contributed by atoms with Crippen LogP contribution < -0.4 is 0 Å². The Morgan fingerprint density at radius 2 is 2.31 bits per heavy atom. The maximum atomic E-state index is 10.7. The lowest BCUT2D eigenvalue weighted by Gasteiger charge is -2.18. The molecule has 16 heavy (non-hydrogen) atoms. The van der Waals surface area contributed by atoms with Crippen molar-refractivity contribution in [3.63, 3.8) is 0 Å². The molecule has 1 heterocycles. The quantitative estimate of drug-likeness (QED) is 0.591. The van der Waals surface area contributed by atoms with Gasteiger partial charge in [0.1, 0.15) is 5.15 Å². The number of hydrogen-bond donors (Lipinski definition) is 0. The van der Waals surface area contributed by atoms with Crippen LogP contribution in [0.25, 0.3) is 0 Å². The van der Waals surface area contributed by atoms with E-state index in [0.29, 0.717) is 5.15 Å². The van der Waals surface area contributed by atoms with Crippen molar-refractivity contribution < 1.29 is 4.92 Å². The third-order valence-corrected chi connectivity index (χ3v) is 3.43. The molecule has 0 fully saturated rings. The van der Waals surface area contributed by atoms with Crippen molar-refractivity contribution >= 4 is 11.6 Å². The van der Waals surface area contributed by atoms with E-state index in [0.717, 1.165) is 12.0 Å². The van der Waals surface area contributed by atoms with Gasteiger partial charge < -0.3 is 0 Å². The Balaban J connectivity index is 3.00. The number of aromatic nitrogens is 2. The molecule has 0 N–H and O–H groups in total. The number of aryl methyl sites for hydroxylation is 1. The first-order valence-electron chi connectivity index (χ1n) is 5.26. The molecule has 1 unspecified atom stereocenters. The van der Waals surface area contributed by atoms with Gasteiger partial charge in [-0.1, -0.05) is 31.9 Å². The van der Waals surface area contributed by atoms with Crippen molar-refractivity contribution in [2.45, 2.75) is 26.2 Å². The molecule has 0 radical (unpaired) electrons. The van der Waals surface area contributed by atoms with E-state index in [1.807, 2.05) is 13.8 Å². The predicted octanol–water partition coefficient (Wildman–Crippen LogP) is 2.48. The summed E-state index contributed by atoms with van der Waals surface area (Å²) < 4.78 is 1.53. The second kappa shape index (κ2) is 5.30. The Labute approximate surface area is 99.5 Å². The van der Waals surface area contributed by atoms with Gasteiger partial charge in [0, 0.05) is 17.5 Å². The minimum Gasteiger partial charge on any atom is -0.265 e. The zero-order chi connectivity index (χ0) is 12.3. The third-order valence-electron chi connectivity index (χ3n) is 2.97. The van der Waals surface area contributed by atoms with Crippen LogP contribution in [0.5, 0.6) is 0 Å². The highest BCUT2D eigenvalue weighted by atomic mass is 35.5. The van der Waals surface area contributed by atoms with Crippen molar-refractivity contribution in [1.82, 2.24) is 9.78 Å². The fraction of sp³-hybridized carbons (Fsp3) is 0.700. The molecular weight excluding hydrogens is 230 g/mol. The number of rotatable bonds is 5. The molecule has 0 aromatic carbocycles. The third kappa shape index (κ3) is 2.72. The zero-order valence-electron chi connectivity index (χ0n) is 9.68. The van der Waals surface area contributed by atoms with Crippen LogP contribution in [-0.2, 0) is 7.05 Å². The molecule has 1 rings (SSSR count). The van der Waals surface area contributed by atoms with Crippen molar-refractivity contribution in [2.75, 3.05) is 6.54 Å². The largest absolute Gasteiger partial charge is 0.265 e. The maximum Gasteiger partial charge on any atom is 0.211 e. The fourth-order valence-electron chi connectivity index (χ4n) is 1.72. The second-order valence-electron chi connectivity index (χ2n) is 4.02. The van der Waals surface area contributed by atoms with Crippen LogP contribution in [0.1, 0.15) is 31.7 Å². The van der Waals surface area contributed by atoms with E-state index in [1.165, 1.54) is 4.68 Å². The van der Waals surface area contributed by atoms with Crippen LogP contribution in [0.15, 0.2) is 6.20 Å². The summed E-state index contributed by atoms with van der Waals surface area (Å²) in [6, 6.07) is 0. The van der Waals surface area contributed by atoms with Crippen LogP contribution in [0, 0.1) is 16.0 Å². The molecule has 0 aliphatic heterocycles. The molecular formula is C10H16ClN3O2. The lowest BCUT2D eigenvalue weighted by molar-refractivity contribution is -0.484. The summed E-state index contributed by atoms with van der Waals surface area (Å²) in [5.74, 6) is 0.0494. The van der Waals surface area contributed by atoms with Crippen molar-refractivity contribution in [1.29, 1.82) is 0 Å². The number of nitrogens with zero attached hydrogens (tertiary/aromatic N) is 3. The Bertz CT molecular complexity index is 378. The average Bonchev–Trinajstić information content (AvgIpc) is 2.55. The first-order valence-corrected chi connectivity index (χ1v) is 5.64. The highest BCUT2D eigenvalue weighted by Gasteiger charge is 2.27. The molecule has 5 nitrogen and oxygen atoms in total. The Hall–Kier alpha value is -1.10. The maximum absolute atomic E-state index is 10.7. The lowest BCUT2D eigenvalue weighted by Crippen LogP contribution is -2.19. The average molecular weight is 246 g/mol. The van der Waals surface area contributed by atoms with E-state index in [1.54, 1.807) is 13.2 Å². The van der Waals surface area contributed by atoms with Gasteiger partial charge in [0.15, 0.2) is 0 Å². The molecule has 2 atom stereocenters. The molecule has 90 valence electrons. The van der Waals surface area contributed by atoms with Crippen LogP contribution in [0.2, 0.25) is 5.15 Å². The highest BCUT2D eigenvalue weighted by Crippen LogP contribution is 2.31. The Kier molecular flexibility index (Phi) is 4.29. The smallest absolute Gasteiger partial charge is 0.211 e. The molecule has 0 spiro atoms. The molecule has 1 aromatic heterocycles. The normalized spacial score (nSPS) is 14.8. The van der Waals surface area contributed by atoms with Gasteiger partial charge in [0.05, 0.1) is 12.1 Å². The van der Waals surface area contributed by atoms with Gasteiger partial charge in [-0.3, -0.25) is 14.8 Å². The Morgan fingerprint density at radius 3 is 2.69 bits per heavy atom. The summed E-state index contributed by atoms with van der Waals surface area (Å²) in [7, 11) is 1.73. The van der Waals surface area contributed by atoms with Gasteiger partial charge in [-0.05, 0) is 5.92 Å². The fourth-order valence-corrected chi connectivity index (χ4v) is 1.95. The van der Waals surface area contributed by atoms with E-state index >= 15 is 0 Å². The van der Waals surface area contributed by atoms with E-state index < -0.39 is 0 Å². The van der Waals surface area contributed by atoms with E-state index in [-0.39, 0.29) is 23.3 Å². The highest BCUT2D eigenvalue weighted by molar-refractivity contribution is 6.30. The lowest BCUT2D eigenvalue weighted by atomic mass is 9.87. The van der Waals surface area contributed by atoms with Gasteiger partial charge in [-0.2, -0.15) is 5.10 Å². The number of nitro groups is 1. The second-order valence-corrected chi connectivity index (χ2v) is 4.38. The van der Waals surface area contributed by atoms with Gasteiger partial charge in [-0.15, -0.1) is 0 Å². The van der Waals surface area contributed by atoms with Crippen LogP contribution in [0.4, 0.5) is 0 Å². The first kappa shape index (κ1) is 13.0. The molecule has 0 amide bonds. The molecule has 0 bridgehead atoms. The van der Waals surface area contributed by atoms with Gasteiger partial charge >= 0.3 is 0 Å². The summed E-state index contributed by atoms with van der Waals surface area (Å²) in [4.78, 5) is 10.4. The summed E-state index contributed by atoms with van der Waals surface area (Å²) in [6.07, 6.45) is 2.51. The van der Waals surface area contributed by atoms with Gasteiger partial charge in [0.25, 0.3) is 0 Å². The van der Waals surface area contributed by atoms with Crippen molar-refractivity contribution in [2.24, 2.45) is 13.0 Å². The van der Waals surface area contributed by atoms with E-state index in [2.05, 4.69) is 5.10 Å². The topological polar surface area (TPSA) is 61.0 Å². The standard InChI is InChI=1S/C10H16ClN3O2/c1-4-7(2)9(6-14(15)16)8-5-12-13(3)10(8)11/h5,7,9H,4,6H2,1-3H3/t7?,9-/m0/s1. The van der Waals surface area contributed by atoms with E-state index in [4.69, 9.17) is 11.6 Å². The van der Waals surface area contributed by atoms with Crippen LogP contribution >= 0.6 is 11.6 Å². The first-order chi connectivity index (χ1) is 7.47. The molecule has 0 aliphatic carbocycles. The van der Waals surface area contributed by atoms with Gasteiger partial charge in [0.2, 0.25) is 6.54 Å². The molecule has 0 saturated carbocycles. The molecule has 1 aromatic rings. The predicted molar refractivity (Wildman–Crippen MR) is 62.3 cm³/mol. The molecule has 0 aliphatic rings. The monoisotopic (exact) mass is 245 g/mol. The molecule has 6 heteroatoms. The number of halogens is 1. The summed E-state index contributed by atoms with van der Waals surface area (Å²) in [5, 5.41) is 15.2. The number of hydrogen-bond acceptors (Lipinski definition) is 3. The SMILES string of the molecule is CCC(C)[C@H](C[N+](=O)[O-])c1cnn(C)c1Cl. The van der Waals surface area contributed by atoms with Crippen LogP contribution in [-0.4, -0.2) is 21.2 Å². The minimum atomic E-state index is -0.292. The van der Waals surface area contributed by atoms with Crippen LogP contribution in [0.3, 0.4) is 0 Å². The van der Waals surface area contributed by atoms with Crippen molar-refractivity contribution in [3.8, 4) is 0 Å².